The molecule has 2 atom stereocenters. The highest BCUT2D eigenvalue weighted by atomic mass is 32.2. The zero-order valence-corrected chi connectivity index (χ0v) is 24.4. The van der Waals surface area contributed by atoms with Crippen LogP contribution in [0.5, 0.6) is 0 Å². The number of rotatable bonds is 7. The number of benzene rings is 2. The van der Waals surface area contributed by atoms with E-state index >= 15 is 0 Å². The second-order valence-corrected chi connectivity index (χ2v) is 14.1. The molecule has 2 aliphatic heterocycles. The summed E-state index contributed by atoms with van der Waals surface area (Å²) in [7, 11) is -3.68. The van der Waals surface area contributed by atoms with Crippen LogP contribution in [0.3, 0.4) is 0 Å². The highest BCUT2D eigenvalue weighted by molar-refractivity contribution is 7.89. The van der Waals surface area contributed by atoms with Crippen molar-refractivity contribution in [2.24, 2.45) is 5.92 Å². The van der Waals surface area contributed by atoms with Crippen molar-refractivity contribution in [3.05, 3.63) is 59.2 Å². The van der Waals surface area contributed by atoms with Crippen LogP contribution >= 0.6 is 0 Å². The highest BCUT2D eigenvalue weighted by Gasteiger charge is 2.47. The molecule has 0 unspecified atom stereocenters. The van der Waals surface area contributed by atoms with Crippen LogP contribution in [0.2, 0.25) is 0 Å². The molecule has 1 aliphatic carbocycles. The van der Waals surface area contributed by atoms with Gasteiger partial charge in [0, 0.05) is 24.8 Å². The van der Waals surface area contributed by atoms with Crippen molar-refractivity contribution in [2.75, 3.05) is 38.1 Å². The number of hydrogen-bond donors (Lipinski definition) is 1. The highest BCUT2D eigenvalue weighted by Crippen LogP contribution is 2.35. The molecule has 2 fully saturated rings. The Labute approximate surface area is 234 Å². The molecule has 0 bridgehead atoms. The summed E-state index contributed by atoms with van der Waals surface area (Å²) >= 11 is 0. The average Bonchev–Trinajstić information content (AvgIpc) is 2.90. The van der Waals surface area contributed by atoms with Gasteiger partial charge in [0.05, 0.1) is 23.6 Å². The van der Waals surface area contributed by atoms with Crippen molar-refractivity contribution in [3.63, 3.8) is 0 Å². The third kappa shape index (κ3) is 6.56. The quantitative estimate of drug-likeness (QED) is 0.534. The number of nitrogens with zero attached hydrogens (tertiary/aromatic N) is 2. The minimum atomic E-state index is -3.68. The number of hydrogen-bond acceptors (Lipinski definition) is 5. The summed E-state index contributed by atoms with van der Waals surface area (Å²) in [4.78, 5) is 15.5. The number of aryl methyl sites for hydroxylation is 3. The Morgan fingerprint density at radius 2 is 1.79 bits per heavy atom. The first-order valence-electron chi connectivity index (χ1n) is 14.5. The van der Waals surface area contributed by atoms with E-state index in [1.54, 1.807) is 16.4 Å². The Morgan fingerprint density at radius 1 is 1.05 bits per heavy atom. The van der Waals surface area contributed by atoms with Gasteiger partial charge in [-0.2, -0.15) is 4.31 Å². The summed E-state index contributed by atoms with van der Waals surface area (Å²) in [6.07, 6.45) is 7.02. The van der Waals surface area contributed by atoms with E-state index in [9.17, 15) is 13.2 Å². The fourth-order valence-electron chi connectivity index (χ4n) is 6.46. The molecule has 2 aromatic rings. The molecule has 5 rings (SSSR count). The molecule has 1 spiro atoms. The van der Waals surface area contributed by atoms with Crippen LogP contribution in [0.25, 0.3) is 0 Å². The lowest BCUT2D eigenvalue weighted by Crippen LogP contribution is -2.64. The molecule has 3 aliphatic rings. The zero-order valence-electron chi connectivity index (χ0n) is 23.6. The minimum absolute atomic E-state index is 0.0413. The van der Waals surface area contributed by atoms with E-state index in [1.165, 1.54) is 24.0 Å². The summed E-state index contributed by atoms with van der Waals surface area (Å²) in [5.41, 5.74) is 4.01. The van der Waals surface area contributed by atoms with E-state index in [2.05, 4.69) is 36.2 Å². The molecular formula is C31H43N3O4S. The lowest BCUT2D eigenvalue weighted by Gasteiger charge is -2.50. The van der Waals surface area contributed by atoms with Crippen LogP contribution in [0.15, 0.2) is 47.4 Å². The van der Waals surface area contributed by atoms with Gasteiger partial charge in [0.25, 0.3) is 0 Å². The molecule has 2 saturated heterocycles. The zero-order chi connectivity index (χ0) is 27.6. The number of carbonyl (C=O) groups excluding carboxylic acids is 1. The van der Waals surface area contributed by atoms with E-state index in [-0.39, 0.29) is 18.5 Å². The summed E-state index contributed by atoms with van der Waals surface area (Å²) in [6.45, 7) is 8.47. The molecule has 1 N–H and O–H groups in total. The summed E-state index contributed by atoms with van der Waals surface area (Å²) in [6, 6.07) is 13.2. The number of amides is 1. The molecule has 0 radical (unpaired) electrons. The molecule has 2 heterocycles. The molecule has 212 valence electrons. The third-order valence-electron chi connectivity index (χ3n) is 8.42. The van der Waals surface area contributed by atoms with Gasteiger partial charge >= 0.3 is 0 Å². The number of carbonyl (C=O) groups is 1. The number of piperidine rings is 1. The lowest BCUT2D eigenvalue weighted by atomic mass is 9.89. The maximum atomic E-state index is 13.9. The summed E-state index contributed by atoms with van der Waals surface area (Å²) in [5, 5.41) is 3.09. The fraction of sp³-hybridized carbons (Fsp3) is 0.581. The van der Waals surface area contributed by atoms with Gasteiger partial charge in [-0.15, -0.1) is 0 Å². The van der Waals surface area contributed by atoms with E-state index < -0.39 is 15.6 Å². The first-order chi connectivity index (χ1) is 18.6. The Hall–Kier alpha value is -2.26. The van der Waals surface area contributed by atoms with Gasteiger partial charge in [0.2, 0.25) is 15.9 Å². The van der Waals surface area contributed by atoms with Gasteiger partial charge in [-0.05, 0) is 99.7 Å². The summed E-state index contributed by atoms with van der Waals surface area (Å²) < 4.78 is 36.0. The van der Waals surface area contributed by atoms with Crippen molar-refractivity contribution in [1.29, 1.82) is 0 Å². The number of anilines is 1. The molecule has 8 heteroatoms. The van der Waals surface area contributed by atoms with Crippen molar-refractivity contribution in [3.8, 4) is 0 Å². The molecule has 0 saturated carbocycles. The average molecular weight is 554 g/mol. The minimum Gasteiger partial charge on any atom is -0.371 e. The topological polar surface area (TPSA) is 79.0 Å². The Kier molecular flexibility index (Phi) is 8.48. The van der Waals surface area contributed by atoms with Crippen molar-refractivity contribution >= 4 is 21.6 Å². The van der Waals surface area contributed by atoms with Crippen LogP contribution in [0.4, 0.5) is 5.69 Å². The van der Waals surface area contributed by atoms with Gasteiger partial charge in [0.1, 0.15) is 0 Å². The van der Waals surface area contributed by atoms with Gasteiger partial charge in [-0.3, -0.25) is 9.69 Å². The number of ether oxygens (including phenoxy) is 1. The third-order valence-corrected chi connectivity index (χ3v) is 10.3. The Morgan fingerprint density at radius 3 is 2.54 bits per heavy atom. The van der Waals surface area contributed by atoms with Gasteiger partial charge in [0.15, 0.2) is 0 Å². The standard InChI is InChI=1S/C31H43N3O4S/c1-23(2)17-28-20-38-31(22-34(28)39(36,37)29-13-9-24(3)10-14-29)15-6-16-33(21-31)19-30(35)32-27-12-11-25-7-4-5-8-26(25)18-27/h9-14,18,23,28H,4-8,15-17,19-22H2,1-3H3,(H,32,35)/t28-,31+/m0/s1. The predicted octanol–water partition coefficient (Wildman–Crippen LogP) is 4.78. The van der Waals surface area contributed by atoms with Crippen LogP contribution < -0.4 is 5.32 Å². The SMILES string of the molecule is Cc1ccc(S(=O)(=O)N2C[C@]3(CCCN(CC(=O)Nc4ccc5c(c4)CCCC5)C3)OC[C@@H]2CC(C)C)cc1. The first kappa shape index (κ1) is 28.3. The van der Waals surface area contributed by atoms with Crippen molar-refractivity contribution in [2.45, 2.75) is 82.3 Å². The fourth-order valence-corrected chi connectivity index (χ4v) is 8.15. The largest absolute Gasteiger partial charge is 0.371 e. The number of fused-ring (bicyclic) bond motifs is 1. The first-order valence-corrected chi connectivity index (χ1v) is 15.9. The van der Waals surface area contributed by atoms with Gasteiger partial charge in [-0.25, -0.2) is 8.42 Å². The van der Waals surface area contributed by atoms with Crippen LogP contribution in [-0.4, -0.2) is 68.0 Å². The smallest absolute Gasteiger partial charge is 0.243 e. The number of sulfonamides is 1. The maximum absolute atomic E-state index is 13.9. The van der Waals surface area contributed by atoms with Gasteiger partial charge in [-0.1, -0.05) is 37.6 Å². The molecule has 0 aromatic heterocycles. The predicted molar refractivity (Wildman–Crippen MR) is 154 cm³/mol. The van der Waals surface area contributed by atoms with E-state index in [4.69, 9.17) is 4.74 Å². The van der Waals surface area contributed by atoms with Crippen LogP contribution in [0.1, 0.15) is 62.6 Å². The number of likely N-dealkylation sites (tertiary alicyclic amines) is 1. The normalized spacial score (nSPS) is 24.6. The second-order valence-electron chi connectivity index (χ2n) is 12.2. The Bertz CT molecular complexity index is 1280. The van der Waals surface area contributed by atoms with Crippen LogP contribution in [-0.2, 0) is 32.4 Å². The van der Waals surface area contributed by atoms with Crippen molar-refractivity contribution < 1.29 is 17.9 Å². The van der Waals surface area contributed by atoms with Gasteiger partial charge < -0.3 is 10.1 Å². The monoisotopic (exact) mass is 553 g/mol. The van der Waals surface area contributed by atoms with Crippen molar-refractivity contribution in [1.82, 2.24) is 9.21 Å². The molecule has 39 heavy (non-hydrogen) atoms. The molecule has 2 aromatic carbocycles. The molecule has 1 amide bonds. The molecular weight excluding hydrogens is 510 g/mol. The maximum Gasteiger partial charge on any atom is 0.243 e. The van der Waals surface area contributed by atoms with E-state index in [0.29, 0.717) is 30.5 Å². The molecule has 7 nitrogen and oxygen atoms in total. The second kappa shape index (κ2) is 11.7. The van der Waals surface area contributed by atoms with Crippen LogP contribution in [0, 0.1) is 12.8 Å². The van der Waals surface area contributed by atoms with E-state index in [0.717, 1.165) is 49.9 Å². The lowest BCUT2D eigenvalue weighted by molar-refractivity contribution is -0.146. The van der Waals surface area contributed by atoms with E-state index in [1.807, 2.05) is 25.1 Å². The Balaban J connectivity index is 1.28. The number of nitrogens with one attached hydrogen (secondary N) is 1. The summed E-state index contributed by atoms with van der Waals surface area (Å²) in [5.74, 6) is 0.305. The number of morpholine rings is 1.